The van der Waals surface area contributed by atoms with Crippen LogP contribution in [-0.2, 0) is 4.74 Å². The molecule has 0 aromatic carbocycles. The molecule has 1 aliphatic heterocycles. The Labute approximate surface area is 53.2 Å². The van der Waals surface area contributed by atoms with Crippen molar-refractivity contribution < 1.29 is 14.9 Å². The zero-order valence-electron chi connectivity index (χ0n) is 5.03. The third-order valence-electron chi connectivity index (χ3n) is 1.37. The van der Waals surface area contributed by atoms with Gasteiger partial charge in [0.15, 0.2) is 6.29 Å². The van der Waals surface area contributed by atoms with E-state index in [1.165, 1.54) is 0 Å². The maximum absolute atomic E-state index is 8.88. The zero-order valence-corrected chi connectivity index (χ0v) is 5.03. The molecule has 0 bridgehead atoms. The fourth-order valence-electron chi connectivity index (χ4n) is 0.832. The molecule has 0 unspecified atom stereocenters. The van der Waals surface area contributed by atoms with Crippen molar-refractivity contribution in [3.05, 3.63) is 0 Å². The van der Waals surface area contributed by atoms with Crippen LogP contribution in [0.15, 0.2) is 0 Å². The molecule has 0 aromatic heterocycles. The summed E-state index contributed by atoms with van der Waals surface area (Å²) in [7, 11) is 0. The van der Waals surface area contributed by atoms with Gasteiger partial charge in [-0.15, -0.1) is 0 Å². The molecule has 1 fully saturated rings. The Bertz CT molecular complexity index is 98.2. The molecule has 1 aliphatic rings. The predicted octanol–water partition coefficient (Wildman–Crippen LogP) is -1.59. The molecule has 0 aromatic rings. The van der Waals surface area contributed by atoms with Gasteiger partial charge in [-0.05, 0) is 6.42 Å². The van der Waals surface area contributed by atoms with Crippen molar-refractivity contribution in [2.24, 2.45) is 5.73 Å². The smallest absolute Gasteiger partial charge is 0.169 e. The minimum Gasteiger partial charge on any atom is -0.391 e. The van der Waals surface area contributed by atoms with Crippen molar-refractivity contribution in [2.75, 3.05) is 6.61 Å². The van der Waals surface area contributed by atoms with Crippen LogP contribution in [0.4, 0.5) is 0 Å². The molecule has 1 rings (SSSR count). The Morgan fingerprint density at radius 3 is 2.56 bits per heavy atom. The number of rotatable bonds is 0. The molecule has 1 heterocycles. The van der Waals surface area contributed by atoms with Crippen molar-refractivity contribution in [2.45, 2.75) is 24.9 Å². The van der Waals surface area contributed by atoms with E-state index in [9.17, 15) is 0 Å². The fourth-order valence-corrected chi connectivity index (χ4v) is 0.832. The Morgan fingerprint density at radius 1 is 1.44 bits per heavy atom. The molecular weight excluding hydrogens is 122 g/mol. The number of hydrogen-bond donors (Lipinski definition) is 3. The van der Waals surface area contributed by atoms with E-state index in [4.69, 9.17) is 15.9 Å². The van der Waals surface area contributed by atoms with Gasteiger partial charge in [0.2, 0.25) is 0 Å². The Kier molecular flexibility index (Phi) is 2.02. The van der Waals surface area contributed by atoms with Crippen molar-refractivity contribution in [1.29, 1.82) is 0 Å². The molecule has 0 aliphatic carbocycles. The van der Waals surface area contributed by atoms with Crippen molar-refractivity contribution in [3.8, 4) is 0 Å². The lowest BCUT2D eigenvalue weighted by Gasteiger charge is -2.27. The quantitative estimate of drug-likeness (QED) is 0.372. The van der Waals surface area contributed by atoms with Crippen molar-refractivity contribution in [1.82, 2.24) is 0 Å². The van der Waals surface area contributed by atoms with Crippen molar-refractivity contribution in [3.63, 3.8) is 0 Å². The second-order valence-electron chi connectivity index (χ2n) is 2.28. The molecular formula is C5H11NO3. The molecule has 4 heteroatoms. The van der Waals surface area contributed by atoms with E-state index in [2.05, 4.69) is 4.74 Å². The monoisotopic (exact) mass is 133 g/mol. The maximum atomic E-state index is 8.88. The Morgan fingerprint density at radius 2 is 2.11 bits per heavy atom. The van der Waals surface area contributed by atoms with E-state index in [-0.39, 0.29) is 6.61 Å². The largest absolute Gasteiger partial charge is 0.391 e. The first kappa shape index (κ1) is 6.95. The lowest BCUT2D eigenvalue weighted by molar-refractivity contribution is -0.166. The fraction of sp³-hybridized carbons (Fsp3) is 1.00. The molecule has 54 valence electrons. The van der Waals surface area contributed by atoms with E-state index < -0.39 is 18.4 Å². The van der Waals surface area contributed by atoms with E-state index in [0.717, 1.165) is 0 Å². The van der Waals surface area contributed by atoms with Gasteiger partial charge in [0.25, 0.3) is 0 Å². The van der Waals surface area contributed by atoms with Crippen LogP contribution in [0.5, 0.6) is 0 Å². The van der Waals surface area contributed by atoms with Crippen LogP contribution < -0.4 is 5.73 Å². The van der Waals surface area contributed by atoms with E-state index in [1.807, 2.05) is 0 Å². The summed E-state index contributed by atoms with van der Waals surface area (Å²) in [6.45, 7) is 0.189. The Hall–Kier alpha value is -0.160. The number of hydrogen-bond acceptors (Lipinski definition) is 4. The second kappa shape index (κ2) is 2.62. The van der Waals surface area contributed by atoms with Gasteiger partial charge >= 0.3 is 0 Å². The highest BCUT2D eigenvalue weighted by molar-refractivity contribution is 4.74. The zero-order chi connectivity index (χ0) is 6.85. The van der Waals surface area contributed by atoms with Gasteiger partial charge in [0.05, 0.1) is 18.8 Å². The maximum Gasteiger partial charge on any atom is 0.169 e. The van der Waals surface area contributed by atoms with Gasteiger partial charge in [-0.1, -0.05) is 0 Å². The van der Waals surface area contributed by atoms with E-state index in [0.29, 0.717) is 6.42 Å². The van der Waals surface area contributed by atoms with Gasteiger partial charge in [0, 0.05) is 0 Å². The molecule has 1 saturated heterocycles. The van der Waals surface area contributed by atoms with Crippen LogP contribution in [-0.4, -0.2) is 35.3 Å². The van der Waals surface area contributed by atoms with Gasteiger partial charge in [-0.3, -0.25) is 0 Å². The van der Waals surface area contributed by atoms with Crippen LogP contribution in [0.1, 0.15) is 6.42 Å². The molecule has 0 saturated carbocycles. The summed E-state index contributed by atoms with van der Waals surface area (Å²) in [5.74, 6) is 0. The molecule has 9 heavy (non-hydrogen) atoms. The third-order valence-corrected chi connectivity index (χ3v) is 1.37. The highest BCUT2D eigenvalue weighted by Crippen LogP contribution is 2.09. The summed E-state index contributed by atoms with van der Waals surface area (Å²) in [6.07, 6.45) is -0.988. The SMILES string of the molecule is N[C@H]1C[C@H](O)CO[C@H]1O. The first-order valence-corrected chi connectivity index (χ1v) is 2.93. The molecule has 0 spiro atoms. The van der Waals surface area contributed by atoms with E-state index >= 15 is 0 Å². The number of aliphatic hydroxyl groups is 2. The van der Waals surface area contributed by atoms with Crippen LogP contribution in [0.25, 0.3) is 0 Å². The molecule has 0 radical (unpaired) electrons. The average molecular weight is 133 g/mol. The van der Waals surface area contributed by atoms with Gasteiger partial charge in [-0.2, -0.15) is 0 Å². The van der Waals surface area contributed by atoms with Crippen LogP contribution in [0.3, 0.4) is 0 Å². The summed E-state index contributed by atoms with van der Waals surface area (Å²) >= 11 is 0. The van der Waals surface area contributed by atoms with Gasteiger partial charge in [-0.25, -0.2) is 0 Å². The second-order valence-corrected chi connectivity index (χ2v) is 2.28. The third kappa shape index (κ3) is 1.62. The normalized spacial score (nSPS) is 45.0. The van der Waals surface area contributed by atoms with Gasteiger partial charge in [0.1, 0.15) is 0 Å². The molecule has 4 N–H and O–H groups in total. The summed E-state index contributed by atoms with van der Waals surface area (Å²) in [5, 5.41) is 17.7. The minimum absolute atomic E-state index is 0.189. The Balaban J connectivity index is 2.35. The summed E-state index contributed by atoms with van der Waals surface area (Å²) < 4.78 is 4.68. The van der Waals surface area contributed by atoms with Crippen molar-refractivity contribution >= 4 is 0 Å². The van der Waals surface area contributed by atoms with Crippen LogP contribution >= 0.6 is 0 Å². The summed E-state index contributed by atoms with van der Waals surface area (Å²) in [6, 6.07) is -0.436. The average Bonchev–Trinajstić information content (AvgIpc) is 1.80. The highest BCUT2D eigenvalue weighted by Gasteiger charge is 2.25. The molecule has 3 atom stereocenters. The first-order valence-electron chi connectivity index (χ1n) is 2.93. The predicted molar refractivity (Wildman–Crippen MR) is 30.6 cm³/mol. The van der Waals surface area contributed by atoms with Crippen LogP contribution in [0.2, 0.25) is 0 Å². The van der Waals surface area contributed by atoms with Gasteiger partial charge < -0.3 is 20.7 Å². The summed E-state index contributed by atoms with van der Waals surface area (Å²) in [5.41, 5.74) is 5.33. The molecule has 4 nitrogen and oxygen atoms in total. The van der Waals surface area contributed by atoms with E-state index in [1.54, 1.807) is 0 Å². The number of ether oxygens (including phenoxy) is 1. The lowest BCUT2D eigenvalue weighted by Crippen LogP contribution is -2.46. The molecule has 0 amide bonds. The number of aliphatic hydroxyl groups excluding tert-OH is 2. The minimum atomic E-state index is -0.895. The topological polar surface area (TPSA) is 75.7 Å². The first-order chi connectivity index (χ1) is 4.20. The lowest BCUT2D eigenvalue weighted by atomic mass is 10.1. The highest BCUT2D eigenvalue weighted by atomic mass is 16.6. The standard InChI is InChI=1S/C5H11NO3/c6-4-1-3(7)2-9-5(4)8/h3-5,7-8H,1-2,6H2/t3-,4-,5+/m0/s1. The van der Waals surface area contributed by atoms with Crippen LogP contribution in [0, 0.1) is 0 Å². The summed E-state index contributed by atoms with van der Waals surface area (Å²) in [4.78, 5) is 0. The number of nitrogens with two attached hydrogens (primary N) is 1.